The molecule has 184 valence electrons. The first-order valence-electron chi connectivity index (χ1n) is 11.3. The van der Waals surface area contributed by atoms with Gasteiger partial charge in [0.05, 0.1) is 30.0 Å². The van der Waals surface area contributed by atoms with Gasteiger partial charge in [-0.05, 0) is 72.2 Å². The molecular weight excluding hydrogens is 457 g/mol. The number of nitrogens with zero attached hydrogens (tertiary/aromatic N) is 6. The van der Waals surface area contributed by atoms with Gasteiger partial charge in [0.15, 0.2) is 5.82 Å². The molecule has 0 aliphatic carbocycles. The minimum absolute atomic E-state index is 0.382. The van der Waals surface area contributed by atoms with Gasteiger partial charge in [-0.1, -0.05) is 25.1 Å². The van der Waals surface area contributed by atoms with E-state index in [1.165, 1.54) is 12.1 Å². The van der Waals surface area contributed by atoms with E-state index in [1.807, 2.05) is 39.0 Å². The van der Waals surface area contributed by atoms with Crippen LogP contribution in [-0.4, -0.2) is 30.1 Å². The molecule has 3 aromatic heterocycles. The van der Waals surface area contributed by atoms with Crippen molar-refractivity contribution >= 4 is 0 Å². The fourth-order valence-corrected chi connectivity index (χ4v) is 3.89. The third-order valence-corrected chi connectivity index (χ3v) is 6.14. The van der Waals surface area contributed by atoms with Gasteiger partial charge in [0.2, 0.25) is 0 Å². The van der Waals surface area contributed by atoms with Gasteiger partial charge in [0.25, 0.3) is 0 Å². The number of hydrogen-bond acceptors (Lipinski definition) is 6. The first-order chi connectivity index (χ1) is 16.7. The molecule has 0 radical (unpaired) electrons. The highest BCUT2D eigenvalue weighted by molar-refractivity contribution is 5.31. The summed E-state index contributed by atoms with van der Waals surface area (Å²) in [5.74, 6) is 1.24. The van der Waals surface area contributed by atoms with Crippen LogP contribution in [0.25, 0.3) is 0 Å². The number of tetrazole rings is 1. The normalized spacial score (nSPS) is 13.3. The van der Waals surface area contributed by atoms with Gasteiger partial charge >= 0.3 is 6.18 Å². The maximum atomic E-state index is 13.3. The van der Waals surface area contributed by atoms with E-state index in [1.54, 1.807) is 29.4 Å². The molecule has 3 heterocycles. The van der Waals surface area contributed by atoms with E-state index in [9.17, 15) is 13.2 Å². The highest BCUT2D eigenvalue weighted by Gasteiger charge is 2.35. The Morgan fingerprint density at radius 3 is 2.40 bits per heavy atom. The van der Waals surface area contributed by atoms with Crippen molar-refractivity contribution in [3.63, 3.8) is 0 Å². The lowest BCUT2D eigenvalue weighted by Crippen LogP contribution is -2.35. The van der Waals surface area contributed by atoms with Crippen molar-refractivity contribution in [2.24, 2.45) is 0 Å². The standard InChI is InChI=1S/C25H27F3N6O/c1-4-24(2,3)34-23(30-31-32-34)22(19-9-11-20(12-10-19)25(26,27)28)33(17-21-8-6-14-35-21)16-18-7-5-13-29-15-18/h5-15,22H,4,16-17H2,1-3H3/t22-/m0/s1. The lowest BCUT2D eigenvalue weighted by molar-refractivity contribution is -0.137. The quantitative estimate of drug-likeness (QED) is 0.307. The number of hydrogen-bond donors (Lipinski definition) is 0. The van der Waals surface area contributed by atoms with Crippen LogP contribution < -0.4 is 0 Å². The van der Waals surface area contributed by atoms with Crippen molar-refractivity contribution in [2.75, 3.05) is 0 Å². The van der Waals surface area contributed by atoms with Gasteiger partial charge in [-0.2, -0.15) is 13.2 Å². The smallest absolute Gasteiger partial charge is 0.416 e. The molecule has 10 heteroatoms. The molecule has 4 rings (SSSR count). The number of benzene rings is 1. The van der Waals surface area contributed by atoms with Crippen LogP contribution in [0.5, 0.6) is 0 Å². The van der Waals surface area contributed by atoms with Crippen molar-refractivity contribution < 1.29 is 17.6 Å². The lowest BCUT2D eigenvalue weighted by Gasteiger charge is -2.33. The summed E-state index contributed by atoms with van der Waals surface area (Å²) >= 11 is 0. The maximum Gasteiger partial charge on any atom is 0.416 e. The Labute approximate surface area is 201 Å². The van der Waals surface area contributed by atoms with Crippen molar-refractivity contribution in [1.82, 2.24) is 30.1 Å². The Morgan fingerprint density at radius 1 is 1.03 bits per heavy atom. The fourth-order valence-electron chi connectivity index (χ4n) is 3.89. The molecule has 0 saturated heterocycles. The van der Waals surface area contributed by atoms with E-state index in [2.05, 4.69) is 25.4 Å². The third kappa shape index (κ3) is 5.59. The van der Waals surface area contributed by atoms with Gasteiger partial charge < -0.3 is 4.42 Å². The van der Waals surface area contributed by atoms with Gasteiger partial charge in [0, 0.05) is 18.9 Å². The first-order valence-corrected chi connectivity index (χ1v) is 11.3. The summed E-state index contributed by atoms with van der Waals surface area (Å²) in [6.45, 7) is 6.91. The molecule has 0 fully saturated rings. The van der Waals surface area contributed by atoms with Crippen LogP contribution >= 0.6 is 0 Å². The minimum atomic E-state index is -4.43. The molecule has 1 aromatic carbocycles. The minimum Gasteiger partial charge on any atom is -0.468 e. The van der Waals surface area contributed by atoms with Gasteiger partial charge in [-0.15, -0.1) is 5.10 Å². The fraction of sp³-hybridized carbons (Fsp3) is 0.360. The monoisotopic (exact) mass is 484 g/mol. The first kappa shape index (κ1) is 24.6. The Morgan fingerprint density at radius 2 is 1.80 bits per heavy atom. The maximum absolute atomic E-state index is 13.3. The number of halogens is 3. The predicted octanol–water partition coefficient (Wildman–Crippen LogP) is 5.62. The van der Waals surface area contributed by atoms with Crippen molar-refractivity contribution in [3.8, 4) is 0 Å². The van der Waals surface area contributed by atoms with Gasteiger partial charge in [0.1, 0.15) is 5.76 Å². The molecule has 0 aliphatic heterocycles. The van der Waals surface area contributed by atoms with Crippen LogP contribution in [0.2, 0.25) is 0 Å². The van der Waals surface area contributed by atoms with E-state index in [-0.39, 0.29) is 0 Å². The molecule has 35 heavy (non-hydrogen) atoms. The zero-order valence-corrected chi connectivity index (χ0v) is 19.8. The Hall–Kier alpha value is -3.53. The second-order valence-corrected chi connectivity index (χ2v) is 8.98. The summed E-state index contributed by atoms with van der Waals surface area (Å²) in [6, 6.07) is 12.1. The Kier molecular flexibility index (Phi) is 7.02. The number of rotatable bonds is 9. The number of aromatic nitrogens is 5. The van der Waals surface area contributed by atoms with E-state index in [4.69, 9.17) is 4.42 Å². The third-order valence-electron chi connectivity index (χ3n) is 6.14. The topological polar surface area (TPSA) is 72.9 Å². The summed E-state index contributed by atoms with van der Waals surface area (Å²) in [6.07, 6.45) is 1.37. The predicted molar refractivity (Wildman–Crippen MR) is 123 cm³/mol. The number of pyridine rings is 1. The summed E-state index contributed by atoms with van der Waals surface area (Å²) in [7, 11) is 0. The van der Waals surface area contributed by atoms with Crippen molar-refractivity contribution in [2.45, 2.75) is 58.0 Å². The molecule has 1 atom stereocenters. The second-order valence-electron chi connectivity index (χ2n) is 8.98. The van der Waals surface area contributed by atoms with Crippen LogP contribution in [0, 0.1) is 0 Å². The lowest BCUT2D eigenvalue weighted by atomic mass is 9.98. The van der Waals surface area contributed by atoms with E-state index >= 15 is 0 Å². The number of alkyl halides is 3. The molecule has 4 aromatic rings. The summed E-state index contributed by atoms with van der Waals surface area (Å²) in [4.78, 5) is 6.29. The van der Waals surface area contributed by atoms with Crippen molar-refractivity contribution in [1.29, 1.82) is 0 Å². The highest BCUT2D eigenvalue weighted by Crippen LogP contribution is 2.35. The molecule has 0 bridgehead atoms. The van der Waals surface area contributed by atoms with Crippen LogP contribution in [-0.2, 0) is 24.8 Å². The molecule has 0 saturated carbocycles. The van der Waals surface area contributed by atoms with E-state index in [0.717, 1.165) is 24.1 Å². The molecule has 0 spiro atoms. The van der Waals surface area contributed by atoms with Gasteiger partial charge in [-0.25, -0.2) is 4.68 Å². The summed E-state index contributed by atoms with van der Waals surface area (Å²) < 4.78 is 47.3. The molecular formula is C25H27F3N6O. The average molecular weight is 485 g/mol. The van der Waals surface area contributed by atoms with Crippen LogP contribution in [0.1, 0.15) is 61.5 Å². The Balaban J connectivity index is 1.85. The largest absolute Gasteiger partial charge is 0.468 e. The van der Waals surface area contributed by atoms with Crippen molar-refractivity contribution in [3.05, 3.63) is 95.5 Å². The Bertz CT molecular complexity index is 1200. The van der Waals surface area contributed by atoms with Gasteiger partial charge in [-0.3, -0.25) is 9.88 Å². The second kappa shape index (κ2) is 9.99. The molecule has 7 nitrogen and oxygen atoms in total. The van der Waals surface area contributed by atoms with E-state index < -0.39 is 23.3 Å². The molecule has 0 N–H and O–H groups in total. The molecule has 0 aliphatic rings. The number of furan rings is 1. The zero-order valence-electron chi connectivity index (χ0n) is 19.8. The summed E-state index contributed by atoms with van der Waals surface area (Å²) in [5, 5.41) is 12.6. The highest BCUT2D eigenvalue weighted by atomic mass is 19.4. The summed E-state index contributed by atoms with van der Waals surface area (Å²) in [5.41, 5.74) is 0.452. The SMILES string of the molecule is CCC(C)(C)n1nnnc1[C@H](c1ccc(C(F)(F)F)cc1)N(Cc1cccnc1)Cc1ccco1. The van der Waals surface area contributed by atoms with Crippen LogP contribution in [0.15, 0.2) is 71.6 Å². The average Bonchev–Trinajstić information content (AvgIpc) is 3.53. The molecule has 0 unspecified atom stereocenters. The molecule has 0 amide bonds. The van der Waals surface area contributed by atoms with Crippen LogP contribution in [0.4, 0.5) is 13.2 Å². The zero-order chi connectivity index (χ0) is 25.1. The van der Waals surface area contributed by atoms with E-state index in [0.29, 0.717) is 30.2 Å². The van der Waals surface area contributed by atoms with Crippen LogP contribution in [0.3, 0.4) is 0 Å².